The normalized spacial score (nSPS) is 18.7. The summed E-state index contributed by atoms with van der Waals surface area (Å²) in [6, 6.07) is 0. The number of amides is 2. The van der Waals surface area contributed by atoms with Crippen LogP contribution in [0.15, 0.2) is 0 Å². The van der Waals surface area contributed by atoms with E-state index in [1.165, 1.54) is 16.7 Å². The molecule has 0 aromatic carbocycles. The smallest absolute Gasteiger partial charge is 0.242 e. The van der Waals surface area contributed by atoms with E-state index in [0.717, 1.165) is 0 Å². The first kappa shape index (κ1) is 23.1. The van der Waals surface area contributed by atoms with E-state index >= 15 is 0 Å². The second kappa shape index (κ2) is 9.85. The maximum absolute atomic E-state index is 12.3. The summed E-state index contributed by atoms with van der Waals surface area (Å²) in [5.74, 6) is -0.0695. The minimum atomic E-state index is -0.336. The van der Waals surface area contributed by atoms with Crippen molar-refractivity contribution in [1.29, 1.82) is 0 Å². The molecule has 7 heteroatoms. The van der Waals surface area contributed by atoms with Crippen LogP contribution in [0.25, 0.3) is 0 Å². The third-order valence-corrected chi connectivity index (χ3v) is 5.20. The molecule has 2 amide bonds. The van der Waals surface area contributed by atoms with Crippen LogP contribution in [-0.4, -0.2) is 65.5 Å². The van der Waals surface area contributed by atoms with E-state index < -0.39 is 0 Å². The molecule has 1 unspecified atom stereocenters. The standard InChI is InChI=1S/C19H33NO5S/c1-18(2,3)15(21)7-9-24-11-12-25-10-8-20-16(22)13-14(17(20)23)26-19(4,5)6/h14H,7-13H2,1-6H3. The van der Waals surface area contributed by atoms with Crippen molar-refractivity contribution < 1.29 is 23.9 Å². The number of carbonyl (C=O) groups excluding carboxylic acids is 3. The first-order chi connectivity index (χ1) is 11.9. The number of ketones is 1. The van der Waals surface area contributed by atoms with Crippen molar-refractivity contribution in [1.82, 2.24) is 4.90 Å². The molecule has 1 atom stereocenters. The molecule has 0 aromatic heterocycles. The summed E-state index contributed by atoms with van der Waals surface area (Å²) in [6.07, 6.45) is 0.665. The van der Waals surface area contributed by atoms with E-state index in [9.17, 15) is 14.4 Å². The SMILES string of the molecule is CC(C)(C)SC1CC(=O)N(CCOCCOCCC(=O)C(C)(C)C)C1=O. The molecule has 1 fully saturated rings. The molecule has 1 rings (SSSR count). The van der Waals surface area contributed by atoms with Crippen LogP contribution in [0.1, 0.15) is 54.4 Å². The van der Waals surface area contributed by atoms with Crippen LogP contribution in [0.3, 0.4) is 0 Å². The minimum Gasteiger partial charge on any atom is -0.379 e. The first-order valence-electron chi connectivity index (χ1n) is 9.12. The number of rotatable bonds is 10. The largest absolute Gasteiger partial charge is 0.379 e. The fraction of sp³-hybridized carbons (Fsp3) is 0.842. The second-order valence-corrected chi connectivity index (χ2v) is 10.5. The van der Waals surface area contributed by atoms with Crippen LogP contribution in [0, 0.1) is 5.41 Å². The molecule has 1 saturated heterocycles. The molecule has 26 heavy (non-hydrogen) atoms. The van der Waals surface area contributed by atoms with E-state index in [2.05, 4.69) is 0 Å². The van der Waals surface area contributed by atoms with Gasteiger partial charge in [-0.25, -0.2) is 0 Å². The Balaban J connectivity index is 2.15. The quantitative estimate of drug-likeness (QED) is 0.424. The van der Waals surface area contributed by atoms with Crippen molar-refractivity contribution in [2.24, 2.45) is 5.41 Å². The summed E-state index contributed by atoms with van der Waals surface area (Å²) in [4.78, 5) is 37.4. The van der Waals surface area contributed by atoms with Gasteiger partial charge in [-0.3, -0.25) is 19.3 Å². The fourth-order valence-electron chi connectivity index (χ4n) is 2.42. The monoisotopic (exact) mass is 387 g/mol. The van der Waals surface area contributed by atoms with Gasteiger partial charge in [-0.2, -0.15) is 0 Å². The van der Waals surface area contributed by atoms with Gasteiger partial charge in [0.05, 0.1) is 38.2 Å². The summed E-state index contributed by atoms with van der Waals surface area (Å²) < 4.78 is 10.8. The molecular formula is C19H33NO5S. The van der Waals surface area contributed by atoms with E-state index in [1.54, 1.807) is 0 Å². The Kier molecular flexibility index (Phi) is 8.76. The number of carbonyl (C=O) groups is 3. The summed E-state index contributed by atoms with van der Waals surface area (Å²) in [5.41, 5.74) is -0.336. The molecule has 1 aliphatic rings. The van der Waals surface area contributed by atoms with Gasteiger partial charge in [0.2, 0.25) is 11.8 Å². The third kappa shape index (κ3) is 8.18. The summed E-state index contributed by atoms with van der Waals surface area (Å²) in [6.45, 7) is 13.5. The highest BCUT2D eigenvalue weighted by Crippen LogP contribution is 2.34. The summed E-state index contributed by atoms with van der Waals surface area (Å²) in [5, 5.41) is -0.286. The zero-order valence-electron chi connectivity index (χ0n) is 16.9. The molecule has 0 bridgehead atoms. The molecule has 0 spiro atoms. The molecule has 0 radical (unpaired) electrons. The zero-order valence-corrected chi connectivity index (χ0v) is 17.7. The van der Waals surface area contributed by atoms with Crippen molar-refractivity contribution >= 4 is 29.4 Å². The Morgan fingerprint density at radius 2 is 1.62 bits per heavy atom. The number of ether oxygens (including phenoxy) is 2. The van der Waals surface area contributed by atoms with Gasteiger partial charge in [-0.15, -0.1) is 11.8 Å². The van der Waals surface area contributed by atoms with Crippen molar-refractivity contribution in [3.05, 3.63) is 0 Å². The van der Waals surface area contributed by atoms with Crippen molar-refractivity contribution in [3.63, 3.8) is 0 Å². The number of Topliss-reactive ketones (excluding diaryl/α,β-unsaturated/α-hetero) is 1. The Labute approximate surface area is 161 Å². The first-order valence-corrected chi connectivity index (χ1v) is 10.0. The minimum absolute atomic E-state index is 0.0567. The van der Waals surface area contributed by atoms with E-state index in [0.29, 0.717) is 32.8 Å². The van der Waals surface area contributed by atoms with Gasteiger partial charge in [-0.1, -0.05) is 41.5 Å². The van der Waals surface area contributed by atoms with Gasteiger partial charge in [0, 0.05) is 23.0 Å². The molecule has 0 aromatic rings. The number of imide groups is 1. The number of likely N-dealkylation sites (tertiary alicyclic amines) is 1. The van der Waals surface area contributed by atoms with E-state index in [-0.39, 0.29) is 46.0 Å². The highest BCUT2D eigenvalue weighted by molar-refractivity contribution is 8.01. The van der Waals surface area contributed by atoms with Crippen LogP contribution in [0.4, 0.5) is 0 Å². The van der Waals surface area contributed by atoms with Crippen LogP contribution in [-0.2, 0) is 23.9 Å². The molecule has 150 valence electrons. The topological polar surface area (TPSA) is 72.9 Å². The molecule has 0 saturated carbocycles. The van der Waals surface area contributed by atoms with Crippen molar-refractivity contribution in [2.75, 3.05) is 33.0 Å². The van der Waals surface area contributed by atoms with Crippen molar-refractivity contribution in [3.8, 4) is 0 Å². The molecule has 0 aliphatic carbocycles. The van der Waals surface area contributed by atoms with Gasteiger partial charge < -0.3 is 9.47 Å². The van der Waals surface area contributed by atoms with Gasteiger partial charge in [0.15, 0.2) is 0 Å². The predicted octanol–water partition coefficient (Wildman–Crippen LogP) is 2.68. The van der Waals surface area contributed by atoms with Crippen LogP contribution in [0.2, 0.25) is 0 Å². The van der Waals surface area contributed by atoms with Crippen LogP contribution < -0.4 is 0 Å². The number of hydrogen-bond donors (Lipinski definition) is 0. The Morgan fingerprint density at radius 3 is 2.15 bits per heavy atom. The van der Waals surface area contributed by atoms with Gasteiger partial charge in [-0.05, 0) is 0 Å². The molecule has 0 N–H and O–H groups in total. The van der Waals surface area contributed by atoms with E-state index in [1.807, 2.05) is 41.5 Å². The lowest BCUT2D eigenvalue weighted by Crippen LogP contribution is -2.35. The lowest BCUT2D eigenvalue weighted by Gasteiger charge is -2.21. The second-order valence-electron chi connectivity index (χ2n) is 8.45. The average molecular weight is 388 g/mol. The molecule has 1 heterocycles. The van der Waals surface area contributed by atoms with Crippen molar-refractivity contribution in [2.45, 2.75) is 64.4 Å². The Morgan fingerprint density at radius 1 is 1.04 bits per heavy atom. The Bertz CT molecular complexity index is 507. The summed E-state index contributed by atoms with van der Waals surface area (Å²) in [7, 11) is 0. The maximum atomic E-state index is 12.3. The average Bonchev–Trinajstić information content (AvgIpc) is 2.73. The fourth-order valence-corrected chi connectivity index (χ4v) is 3.73. The Hall–Kier alpha value is -0.920. The predicted molar refractivity (Wildman–Crippen MR) is 103 cm³/mol. The number of nitrogens with zero attached hydrogens (tertiary/aromatic N) is 1. The lowest BCUT2D eigenvalue weighted by molar-refractivity contribution is -0.139. The van der Waals surface area contributed by atoms with Crippen LogP contribution in [0.5, 0.6) is 0 Å². The van der Waals surface area contributed by atoms with Gasteiger partial charge >= 0.3 is 0 Å². The zero-order chi connectivity index (χ0) is 20.0. The van der Waals surface area contributed by atoms with Crippen LogP contribution >= 0.6 is 11.8 Å². The number of hydrogen-bond acceptors (Lipinski definition) is 6. The highest BCUT2D eigenvalue weighted by Gasteiger charge is 2.40. The van der Waals surface area contributed by atoms with Gasteiger partial charge in [0.1, 0.15) is 5.78 Å². The molecular weight excluding hydrogens is 354 g/mol. The third-order valence-electron chi connectivity index (χ3n) is 3.84. The number of thioether (sulfide) groups is 1. The lowest BCUT2D eigenvalue weighted by atomic mass is 9.89. The summed E-state index contributed by atoms with van der Waals surface area (Å²) >= 11 is 1.54. The molecule has 1 aliphatic heterocycles. The van der Waals surface area contributed by atoms with E-state index in [4.69, 9.17) is 9.47 Å². The van der Waals surface area contributed by atoms with Gasteiger partial charge in [0.25, 0.3) is 0 Å². The molecule has 6 nitrogen and oxygen atoms in total. The highest BCUT2D eigenvalue weighted by atomic mass is 32.2. The maximum Gasteiger partial charge on any atom is 0.242 e.